The van der Waals surface area contributed by atoms with Crippen molar-refractivity contribution in [2.75, 3.05) is 13.1 Å². The second kappa shape index (κ2) is 9.41. The van der Waals surface area contributed by atoms with Gasteiger partial charge in [-0.05, 0) is 43.9 Å². The highest BCUT2D eigenvalue weighted by Gasteiger charge is 2.34. The Kier molecular flexibility index (Phi) is 6.44. The summed E-state index contributed by atoms with van der Waals surface area (Å²) in [4.78, 5) is 38.9. The summed E-state index contributed by atoms with van der Waals surface area (Å²) in [6, 6.07) is 16.8. The minimum Gasteiger partial charge on any atom is -0.349 e. The molecule has 0 radical (unpaired) electrons. The van der Waals surface area contributed by atoms with Crippen LogP contribution in [-0.4, -0.2) is 47.7 Å². The van der Waals surface area contributed by atoms with Crippen LogP contribution >= 0.6 is 0 Å². The monoisotopic (exact) mass is 420 g/mol. The quantitative estimate of drug-likeness (QED) is 0.646. The molecule has 4 rings (SSSR count). The summed E-state index contributed by atoms with van der Waals surface area (Å²) in [5, 5.41) is 3.04. The van der Waals surface area contributed by atoms with Crippen LogP contribution in [0.3, 0.4) is 0 Å². The first-order valence-electron chi connectivity index (χ1n) is 10.8. The molecule has 2 amide bonds. The van der Waals surface area contributed by atoms with E-state index in [9.17, 15) is 14.4 Å². The molecule has 0 bridgehead atoms. The van der Waals surface area contributed by atoms with Crippen LogP contribution in [0.15, 0.2) is 54.6 Å². The standard InChI is InChI=1S/C24H28N4O3/c1-16(29)18-8-5-9-19(14-18)23(30)25-20-10-12-28(13-11-20)24(31)22-15-21(26-27-22)17-6-3-2-4-7-17/h2-9,14,20-22,26-27H,10-13,15H2,1H3,(H,25,30). The minimum atomic E-state index is -0.245. The van der Waals surface area contributed by atoms with E-state index < -0.39 is 0 Å². The number of likely N-dealkylation sites (tertiary alicyclic amines) is 1. The van der Waals surface area contributed by atoms with Gasteiger partial charge in [0.1, 0.15) is 6.04 Å². The van der Waals surface area contributed by atoms with Gasteiger partial charge in [-0.25, -0.2) is 10.9 Å². The summed E-state index contributed by atoms with van der Waals surface area (Å²) in [7, 11) is 0. The SMILES string of the molecule is CC(=O)c1cccc(C(=O)NC2CCN(C(=O)C3CC(c4ccccc4)NN3)CC2)c1. The van der Waals surface area contributed by atoms with Crippen molar-refractivity contribution < 1.29 is 14.4 Å². The van der Waals surface area contributed by atoms with Crippen molar-refractivity contribution in [3.05, 3.63) is 71.3 Å². The zero-order chi connectivity index (χ0) is 21.8. The number of hydrazine groups is 1. The third-order valence-corrected chi connectivity index (χ3v) is 6.08. The molecular formula is C24H28N4O3. The molecule has 2 aliphatic rings. The molecule has 3 N–H and O–H groups in total. The van der Waals surface area contributed by atoms with Crippen molar-refractivity contribution in [2.45, 2.75) is 44.3 Å². The molecule has 2 aromatic rings. The molecule has 2 fully saturated rings. The third-order valence-electron chi connectivity index (χ3n) is 6.08. The number of benzene rings is 2. The van der Waals surface area contributed by atoms with E-state index in [0.717, 1.165) is 0 Å². The van der Waals surface area contributed by atoms with Crippen LogP contribution in [0.1, 0.15) is 58.5 Å². The van der Waals surface area contributed by atoms with Gasteiger partial charge in [0.2, 0.25) is 5.91 Å². The molecule has 0 spiro atoms. The summed E-state index contributed by atoms with van der Waals surface area (Å²) in [6.07, 6.45) is 2.14. The first kappa shape index (κ1) is 21.2. The lowest BCUT2D eigenvalue weighted by atomic mass is 9.99. The molecule has 0 saturated carbocycles. The number of Topliss-reactive ketones (excluding diaryl/α,β-unsaturated/α-hetero) is 1. The number of piperidine rings is 1. The van der Waals surface area contributed by atoms with Gasteiger partial charge in [0, 0.05) is 36.3 Å². The summed E-state index contributed by atoms with van der Waals surface area (Å²) in [5.41, 5.74) is 8.55. The molecule has 162 valence electrons. The van der Waals surface area contributed by atoms with E-state index in [4.69, 9.17) is 0 Å². The number of nitrogens with zero attached hydrogens (tertiary/aromatic N) is 1. The molecule has 31 heavy (non-hydrogen) atoms. The molecule has 7 heteroatoms. The Balaban J connectivity index is 1.27. The smallest absolute Gasteiger partial charge is 0.251 e. The minimum absolute atomic E-state index is 0.0178. The van der Waals surface area contributed by atoms with Gasteiger partial charge >= 0.3 is 0 Å². The van der Waals surface area contributed by atoms with E-state index in [0.29, 0.717) is 43.5 Å². The molecule has 7 nitrogen and oxygen atoms in total. The van der Waals surface area contributed by atoms with Crippen LogP contribution in [0.2, 0.25) is 0 Å². The van der Waals surface area contributed by atoms with Gasteiger partial charge in [0.15, 0.2) is 5.78 Å². The maximum Gasteiger partial charge on any atom is 0.251 e. The van der Waals surface area contributed by atoms with Crippen molar-refractivity contribution >= 4 is 17.6 Å². The average Bonchev–Trinajstić information content (AvgIpc) is 3.30. The average molecular weight is 421 g/mol. The maximum absolute atomic E-state index is 12.9. The van der Waals surface area contributed by atoms with E-state index in [1.807, 2.05) is 23.1 Å². The summed E-state index contributed by atoms with van der Waals surface area (Å²) in [6.45, 7) is 2.72. The molecule has 0 aliphatic carbocycles. The third kappa shape index (κ3) is 5.00. The van der Waals surface area contributed by atoms with Crippen LogP contribution in [0.5, 0.6) is 0 Å². The zero-order valence-electron chi connectivity index (χ0n) is 17.6. The maximum atomic E-state index is 12.9. The topological polar surface area (TPSA) is 90.5 Å². The van der Waals surface area contributed by atoms with Crippen molar-refractivity contribution in [1.29, 1.82) is 0 Å². The normalized spacial score (nSPS) is 21.6. The number of carbonyl (C=O) groups is 3. The Labute approximate surface area is 182 Å². The van der Waals surface area contributed by atoms with Crippen LogP contribution < -0.4 is 16.2 Å². The first-order chi connectivity index (χ1) is 15.0. The Morgan fingerprint density at radius 3 is 2.35 bits per heavy atom. The molecular weight excluding hydrogens is 392 g/mol. The number of hydrogen-bond donors (Lipinski definition) is 3. The number of amides is 2. The fraction of sp³-hybridized carbons (Fsp3) is 0.375. The predicted octanol–water partition coefficient (Wildman–Crippen LogP) is 2.22. The van der Waals surface area contributed by atoms with Crippen LogP contribution in [-0.2, 0) is 4.79 Å². The Morgan fingerprint density at radius 2 is 1.65 bits per heavy atom. The summed E-state index contributed by atoms with van der Waals surface area (Å²) >= 11 is 0. The van der Waals surface area contributed by atoms with Crippen molar-refractivity contribution in [2.24, 2.45) is 0 Å². The number of nitrogens with one attached hydrogen (secondary N) is 3. The van der Waals surface area contributed by atoms with Gasteiger partial charge in [-0.2, -0.15) is 0 Å². The van der Waals surface area contributed by atoms with E-state index in [-0.39, 0.29) is 35.7 Å². The van der Waals surface area contributed by atoms with Gasteiger partial charge in [0.05, 0.1) is 0 Å². The summed E-state index contributed by atoms with van der Waals surface area (Å²) in [5.74, 6) is -0.143. The molecule has 2 unspecified atom stereocenters. The summed E-state index contributed by atoms with van der Waals surface area (Å²) < 4.78 is 0. The molecule has 2 aliphatic heterocycles. The van der Waals surface area contributed by atoms with Crippen molar-refractivity contribution in [3.8, 4) is 0 Å². The number of hydrogen-bond acceptors (Lipinski definition) is 5. The highest BCUT2D eigenvalue weighted by Crippen LogP contribution is 2.24. The first-order valence-corrected chi connectivity index (χ1v) is 10.8. The van der Waals surface area contributed by atoms with Gasteiger partial charge in [-0.15, -0.1) is 0 Å². The van der Waals surface area contributed by atoms with Crippen molar-refractivity contribution in [3.63, 3.8) is 0 Å². The highest BCUT2D eigenvalue weighted by molar-refractivity contribution is 5.99. The van der Waals surface area contributed by atoms with Crippen molar-refractivity contribution in [1.82, 2.24) is 21.1 Å². The molecule has 2 saturated heterocycles. The number of rotatable bonds is 5. The van der Waals surface area contributed by atoms with E-state index >= 15 is 0 Å². The Morgan fingerprint density at radius 1 is 0.935 bits per heavy atom. The Hall–Kier alpha value is -3.03. The molecule has 2 aromatic carbocycles. The van der Waals surface area contributed by atoms with Crippen LogP contribution in [0.25, 0.3) is 0 Å². The second-order valence-corrected chi connectivity index (χ2v) is 8.25. The van der Waals surface area contributed by atoms with Gasteiger partial charge in [-0.3, -0.25) is 14.4 Å². The second-order valence-electron chi connectivity index (χ2n) is 8.25. The van der Waals surface area contributed by atoms with Gasteiger partial charge < -0.3 is 10.2 Å². The Bertz CT molecular complexity index is 954. The molecule has 0 aromatic heterocycles. The van der Waals surface area contributed by atoms with E-state index in [1.165, 1.54) is 12.5 Å². The lowest BCUT2D eigenvalue weighted by Crippen LogP contribution is -2.51. The zero-order valence-corrected chi connectivity index (χ0v) is 17.6. The van der Waals surface area contributed by atoms with E-state index in [1.54, 1.807) is 24.3 Å². The molecule has 2 atom stereocenters. The fourth-order valence-electron chi connectivity index (χ4n) is 4.23. The predicted molar refractivity (Wildman–Crippen MR) is 117 cm³/mol. The van der Waals surface area contributed by atoms with E-state index in [2.05, 4.69) is 28.3 Å². The number of ketones is 1. The number of carbonyl (C=O) groups excluding carboxylic acids is 3. The van der Waals surface area contributed by atoms with Crippen LogP contribution in [0, 0.1) is 0 Å². The fourth-order valence-corrected chi connectivity index (χ4v) is 4.23. The highest BCUT2D eigenvalue weighted by atomic mass is 16.2. The lowest BCUT2D eigenvalue weighted by Gasteiger charge is -2.33. The van der Waals surface area contributed by atoms with Gasteiger partial charge in [-0.1, -0.05) is 42.5 Å². The molecule has 2 heterocycles. The largest absolute Gasteiger partial charge is 0.349 e. The lowest BCUT2D eigenvalue weighted by molar-refractivity contribution is -0.134. The van der Waals surface area contributed by atoms with Crippen LogP contribution in [0.4, 0.5) is 0 Å². The van der Waals surface area contributed by atoms with Gasteiger partial charge in [0.25, 0.3) is 5.91 Å².